The lowest BCUT2D eigenvalue weighted by molar-refractivity contribution is 0.425. The molecule has 1 fully saturated rings. The van der Waals surface area contributed by atoms with Crippen LogP contribution in [0, 0.1) is 0 Å². The normalized spacial score (nSPS) is 12.9. The molecule has 2 N–H and O–H groups in total. The van der Waals surface area contributed by atoms with Crippen molar-refractivity contribution in [1.82, 2.24) is 24.4 Å². The van der Waals surface area contributed by atoms with Crippen LogP contribution in [0.5, 0.6) is 0 Å². The van der Waals surface area contributed by atoms with Gasteiger partial charge in [0.05, 0.1) is 18.2 Å². The Kier molecular flexibility index (Phi) is 5.79. The van der Waals surface area contributed by atoms with Crippen LogP contribution >= 0.6 is 0 Å². The molecular weight excluding hydrogens is 410 g/mol. The van der Waals surface area contributed by atoms with Crippen molar-refractivity contribution in [1.29, 1.82) is 0 Å². The van der Waals surface area contributed by atoms with E-state index in [4.69, 9.17) is 0 Å². The molecule has 0 atom stereocenters. The molecule has 7 heteroatoms. The topological polar surface area (TPSA) is 70.9 Å². The smallest absolute Gasteiger partial charge is 0.130 e. The zero-order valence-corrected chi connectivity index (χ0v) is 19.3. The van der Waals surface area contributed by atoms with Crippen LogP contribution in [0.25, 0.3) is 27.7 Å². The van der Waals surface area contributed by atoms with E-state index in [0.717, 1.165) is 70.9 Å². The Morgan fingerprint density at radius 2 is 1.88 bits per heavy atom. The largest absolute Gasteiger partial charge is 0.369 e. The number of fused-ring (bicyclic) bond motifs is 1. The van der Waals surface area contributed by atoms with Crippen LogP contribution in [0.2, 0.25) is 0 Å². The van der Waals surface area contributed by atoms with Crippen LogP contribution in [0.1, 0.15) is 18.4 Å². The van der Waals surface area contributed by atoms with Crippen molar-refractivity contribution in [2.75, 3.05) is 37.8 Å². The zero-order valence-electron chi connectivity index (χ0n) is 19.3. The molecule has 0 bridgehead atoms. The Bertz CT molecular complexity index is 1310. The summed E-state index contributed by atoms with van der Waals surface area (Å²) in [7, 11) is 6.15. The molecule has 5 rings (SSSR count). The predicted octanol–water partition coefficient (Wildman–Crippen LogP) is 4.62. The number of imidazole rings is 1. The monoisotopic (exact) mass is 439 g/mol. The SMILES string of the molecule is CN(C)CCNc1cc(C(Nc2cc3cc(-c4cncn4C)ccc3cn2)=C2CC2)ccn1. The Labute approximate surface area is 194 Å². The molecule has 33 heavy (non-hydrogen) atoms. The van der Waals surface area contributed by atoms with Gasteiger partial charge in [0.25, 0.3) is 0 Å². The van der Waals surface area contributed by atoms with Gasteiger partial charge in [0.2, 0.25) is 0 Å². The number of likely N-dealkylation sites (N-methyl/N-ethyl adjacent to an activating group) is 1. The van der Waals surface area contributed by atoms with Crippen molar-refractivity contribution in [2.45, 2.75) is 12.8 Å². The first-order valence-corrected chi connectivity index (χ1v) is 11.3. The number of nitrogens with zero attached hydrogens (tertiary/aromatic N) is 5. The Balaban J connectivity index is 1.41. The molecule has 168 valence electrons. The highest BCUT2D eigenvalue weighted by molar-refractivity contribution is 5.90. The Morgan fingerprint density at radius 3 is 2.64 bits per heavy atom. The predicted molar refractivity (Wildman–Crippen MR) is 135 cm³/mol. The summed E-state index contributed by atoms with van der Waals surface area (Å²) in [6.07, 6.45) is 9.75. The quantitative estimate of drug-likeness (QED) is 0.417. The highest BCUT2D eigenvalue weighted by Gasteiger charge is 2.20. The molecule has 7 nitrogen and oxygen atoms in total. The van der Waals surface area contributed by atoms with Gasteiger partial charge in [0.15, 0.2) is 0 Å². The van der Waals surface area contributed by atoms with E-state index < -0.39 is 0 Å². The van der Waals surface area contributed by atoms with Crippen LogP contribution < -0.4 is 10.6 Å². The number of rotatable bonds is 8. The van der Waals surface area contributed by atoms with Crippen LogP contribution in [0.3, 0.4) is 0 Å². The van der Waals surface area contributed by atoms with E-state index in [-0.39, 0.29) is 0 Å². The lowest BCUT2D eigenvalue weighted by atomic mass is 10.1. The zero-order chi connectivity index (χ0) is 22.8. The molecule has 3 heterocycles. The number of pyridine rings is 2. The van der Waals surface area contributed by atoms with Gasteiger partial charge in [-0.2, -0.15) is 0 Å². The van der Waals surface area contributed by atoms with Crippen LogP contribution in [0.4, 0.5) is 11.6 Å². The van der Waals surface area contributed by atoms with Crippen LogP contribution in [-0.4, -0.2) is 51.6 Å². The van der Waals surface area contributed by atoms with Crippen molar-refractivity contribution in [3.05, 3.63) is 72.5 Å². The van der Waals surface area contributed by atoms with E-state index >= 15 is 0 Å². The second-order valence-corrected chi connectivity index (χ2v) is 8.78. The first-order chi connectivity index (χ1) is 16.1. The van der Waals surface area contributed by atoms with E-state index in [9.17, 15) is 0 Å². The maximum Gasteiger partial charge on any atom is 0.130 e. The Morgan fingerprint density at radius 1 is 1.00 bits per heavy atom. The summed E-state index contributed by atoms with van der Waals surface area (Å²) in [6.45, 7) is 1.81. The molecule has 0 radical (unpaired) electrons. The van der Waals surface area contributed by atoms with Crippen LogP contribution in [0.15, 0.2) is 66.9 Å². The van der Waals surface area contributed by atoms with E-state index in [1.54, 1.807) is 0 Å². The third kappa shape index (κ3) is 4.88. The molecule has 0 unspecified atom stereocenters. The van der Waals surface area contributed by atoms with E-state index in [1.165, 1.54) is 5.57 Å². The lowest BCUT2D eigenvalue weighted by Crippen LogP contribution is -2.21. The van der Waals surface area contributed by atoms with Gasteiger partial charge in [-0.1, -0.05) is 12.1 Å². The average Bonchev–Trinajstić information content (AvgIpc) is 3.56. The molecule has 0 spiro atoms. The minimum absolute atomic E-state index is 0.845. The van der Waals surface area contributed by atoms with Crippen molar-refractivity contribution >= 4 is 28.1 Å². The number of anilines is 2. The summed E-state index contributed by atoms with van der Waals surface area (Å²) in [6, 6.07) is 12.7. The second kappa shape index (κ2) is 9.03. The molecule has 1 aromatic carbocycles. The molecule has 1 aliphatic rings. The molecular formula is C26H29N7. The summed E-state index contributed by atoms with van der Waals surface area (Å²) < 4.78 is 2.03. The van der Waals surface area contributed by atoms with E-state index in [0.29, 0.717) is 0 Å². The fourth-order valence-electron chi connectivity index (χ4n) is 3.90. The first kappa shape index (κ1) is 21.2. The molecule has 3 aromatic heterocycles. The maximum atomic E-state index is 4.68. The van der Waals surface area contributed by atoms with Gasteiger partial charge in [-0.05, 0) is 62.2 Å². The van der Waals surface area contributed by atoms with Crippen LogP contribution in [-0.2, 0) is 7.05 Å². The third-order valence-corrected chi connectivity index (χ3v) is 5.85. The van der Waals surface area contributed by atoms with Crippen molar-refractivity contribution < 1.29 is 0 Å². The number of hydrogen-bond donors (Lipinski definition) is 2. The number of allylic oxidation sites excluding steroid dienone is 1. The van der Waals surface area contributed by atoms with E-state index in [2.05, 4.69) is 81.0 Å². The van der Waals surface area contributed by atoms with Gasteiger partial charge < -0.3 is 20.1 Å². The van der Waals surface area contributed by atoms with Gasteiger partial charge >= 0.3 is 0 Å². The average molecular weight is 440 g/mol. The number of hydrogen-bond acceptors (Lipinski definition) is 6. The molecule has 0 amide bonds. The minimum Gasteiger partial charge on any atom is -0.369 e. The van der Waals surface area contributed by atoms with Crippen molar-refractivity contribution in [3.8, 4) is 11.3 Å². The molecule has 1 saturated carbocycles. The number of aromatic nitrogens is 4. The Hall–Kier alpha value is -3.71. The summed E-state index contributed by atoms with van der Waals surface area (Å²) in [5, 5.41) is 9.28. The highest BCUT2D eigenvalue weighted by Crippen LogP contribution is 2.37. The van der Waals surface area contributed by atoms with Gasteiger partial charge in [-0.25, -0.2) is 15.0 Å². The van der Waals surface area contributed by atoms with Gasteiger partial charge in [0, 0.05) is 54.7 Å². The van der Waals surface area contributed by atoms with E-state index in [1.807, 2.05) is 36.5 Å². The number of benzene rings is 1. The summed E-state index contributed by atoms with van der Waals surface area (Å²) in [4.78, 5) is 15.6. The van der Waals surface area contributed by atoms with Crippen molar-refractivity contribution in [2.24, 2.45) is 7.05 Å². The standard InChI is InChI=1S/C26H29N7/c1-32(2)11-10-29-24-13-20(8-9-28-24)26(18-4-5-18)31-25-14-22-12-19(6-7-21(22)15-30-25)23-16-27-17-33(23)3/h6-9,12-17H,4-5,10-11H2,1-3H3,(H,28,29)(H,30,31). The summed E-state index contributed by atoms with van der Waals surface area (Å²) >= 11 is 0. The van der Waals surface area contributed by atoms with Gasteiger partial charge in [-0.15, -0.1) is 0 Å². The maximum absolute atomic E-state index is 4.68. The fourth-order valence-corrected chi connectivity index (χ4v) is 3.90. The number of nitrogens with one attached hydrogen (secondary N) is 2. The molecule has 4 aromatic rings. The van der Waals surface area contributed by atoms with Gasteiger partial charge in [-0.3, -0.25) is 0 Å². The lowest BCUT2D eigenvalue weighted by Gasteiger charge is -2.14. The van der Waals surface area contributed by atoms with Gasteiger partial charge in [0.1, 0.15) is 11.6 Å². The fraction of sp³-hybridized carbons (Fsp3) is 0.269. The first-order valence-electron chi connectivity index (χ1n) is 11.3. The summed E-state index contributed by atoms with van der Waals surface area (Å²) in [5.74, 6) is 1.74. The third-order valence-electron chi connectivity index (χ3n) is 5.85. The summed E-state index contributed by atoms with van der Waals surface area (Å²) in [5.41, 5.74) is 5.93. The highest BCUT2D eigenvalue weighted by atomic mass is 15.1. The molecule has 1 aliphatic carbocycles. The molecule has 0 saturated heterocycles. The minimum atomic E-state index is 0.845. The van der Waals surface area contributed by atoms with Crippen molar-refractivity contribution in [3.63, 3.8) is 0 Å². The number of aryl methyl sites for hydroxylation is 1. The molecule has 0 aliphatic heterocycles. The second-order valence-electron chi connectivity index (χ2n) is 8.78.